The summed E-state index contributed by atoms with van der Waals surface area (Å²) in [6.45, 7) is 2.16. The molecule has 124 valence electrons. The molecular weight excluding hydrogens is 376 g/mol. The molecule has 4 aromatic rings. The fourth-order valence-electron chi connectivity index (χ4n) is 3.21. The van der Waals surface area contributed by atoms with Crippen molar-refractivity contribution in [1.82, 2.24) is 4.98 Å². The lowest BCUT2D eigenvalue weighted by Gasteiger charge is -2.07. The van der Waals surface area contributed by atoms with Gasteiger partial charge in [0.2, 0.25) is 0 Å². The number of fused-ring (bicyclic) bond motifs is 3. The summed E-state index contributed by atoms with van der Waals surface area (Å²) in [5.74, 6) is -0.128. The number of anilines is 1. The third kappa shape index (κ3) is 2.83. The quantitative estimate of drug-likeness (QED) is 0.447. The maximum Gasteiger partial charge on any atom is 0.256 e. The number of carbonyl (C=O) groups excluding carboxylic acids is 1. The van der Waals surface area contributed by atoms with E-state index in [0.717, 1.165) is 22.1 Å². The van der Waals surface area contributed by atoms with Gasteiger partial charge in [0.05, 0.1) is 5.56 Å². The Bertz CT molecular complexity index is 1100. The van der Waals surface area contributed by atoms with E-state index < -0.39 is 0 Å². The van der Waals surface area contributed by atoms with E-state index in [9.17, 15) is 4.79 Å². The zero-order chi connectivity index (χ0) is 17.4. The Balaban J connectivity index is 1.73. The number of para-hydroxylation sites is 1. The van der Waals surface area contributed by atoms with E-state index in [1.54, 1.807) is 6.07 Å². The minimum atomic E-state index is -0.128. The Hall–Kier alpha value is -2.59. The van der Waals surface area contributed by atoms with Crippen LogP contribution in [0.4, 0.5) is 5.69 Å². The van der Waals surface area contributed by atoms with Crippen LogP contribution in [-0.4, -0.2) is 10.9 Å². The van der Waals surface area contributed by atoms with E-state index in [0.29, 0.717) is 5.56 Å². The normalized spacial score (nSPS) is 11.1. The highest BCUT2D eigenvalue weighted by Crippen LogP contribution is 2.30. The van der Waals surface area contributed by atoms with Gasteiger partial charge in [0.25, 0.3) is 5.91 Å². The standard InChI is InChI=1S/C21H17BrN2O/c1-2-13-6-5-8-16-15-11-10-14(12-19(15)24-20(13)16)23-21(25)17-7-3-4-9-18(17)22/h3-12,24H,2H2,1H3,(H,23,25). The number of aryl methyl sites for hydroxylation is 1. The van der Waals surface area contributed by atoms with Crippen molar-refractivity contribution in [1.29, 1.82) is 0 Å². The molecule has 0 unspecified atom stereocenters. The van der Waals surface area contributed by atoms with Crippen molar-refractivity contribution in [3.63, 3.8) is 0 Å². The highest BCUT2D eigenvalue weighted by molar-refractivity contribution is 9.10. The number of aromatic nitrogens is 1. The summed E-state index contributed by atoms with van der Waals surface area (Å²) in [5.41, 5.74) is 4.90. The predicted octanol–water partition coefficient (Wildman–Crippen LogP) is 5.90. The summed E-state index contributed by atoms with van der Waals surface area (Å²) >= 11 is 3.42. The van der Waals surface area contributed by atoms with Crippen LogP contribution < -0.4 is 5.32 Å². The van der Waals surface area contributed by atoms with Crippen molar-refractivity contribution in [2.75, 3.05) is 5.32 Å². The topological polar surface area (TPSA) is 44.9 Å². The van der Waals surface area contributed by atoms with Crippen molar-refractivity contribution in [3.05, 3.63) is 76.3 Å². The lowest BCUT2D eigenvalue weighted by Crippen LogP contribution is -2.12. The van der Waals surface area contributed by atoms with Crippen molar-refractivity contribution in [2.45, 2.75) is 13.3 Å². The third-order valence-corrected chi connectivity index (χ3v) is 5.17. The van der Waals surface area contributed by atoms with Gasteiger partial charge in [-0.2, -0.15) is 0 Å². The van der Waals surface area contributed by atoms with Gasteiger partial charge in [-0.15, -0.1) is 0 Å². The number of amides is 1. The van der Waals surface area contributed by atoms with Gasteiger partial charge in [0, 0.05) is 32.0 Å². The first-order valence-electron chi connectivity index (χ1n) is 8.26. The first-order chi connectivity index (χ1) is 12.2. The van der Waals surface area contributed by atoms with E-state index in [-0.39, 0.29) is 5.91 Å². The van der Waals surface area contributed by atoms with Gasteiger partial charge in [-0.3, -0.25) is 4.79 Å². The predicted molar refractivity (Wildman–Crippen MR) is 107 cm³/mol. The SMILES string of the molecule is CCc1cccc2c1[nH]c1cc(NC(=O)c3ccccc3Br)ccc12. The number of hydrogen-bond acceptors (Lipinski definition) is 1. The van der Waals surface area contributed by atoms with E-state index in [2.05, 4.69) is 57.4 Å². The number of rotatable bonds is 3. The number of nitrogens with one attached hydrogen (secondary N) is 2. The number of carbonyl (C=O) groups is 1. The minimum absolute atomic E-state index is 0.128. The zero-order valence-electron chi connectivity index (χ0n) is 13.8. The highest BCUT2D eigenvalue weighted by atomic mass is 79.9. The van der Waals surface area contributed by atoms with Gasteiger partial charge in [-0.05, 0) is 52.2 Å². The van der Waals surface area contributed by atoms with Gasteiger partial charge in [-0.1, -0.05) is 43.3 Å². The molecule has 0 aliphatic rings. The molecule has 4 heteroatoms. The number of hydrogen-bond donors (Lipinski definition) is 2. The van der Waals surface area contributed by atoms with Gasteiger partial charge < -0.3 is 10.3 Å². The first kappa shape index (κ1) is 15.9. The molecule has 3 nitrogen and oxygen atoms in total. The van der Waals surface area contributed by atoms with Gasteiger partial charge in [0.15, 0.2) is 0 Å². The van der Waals surface area contributed by atoms with E-state index in [4.69, 9.17) is 0 Å². The van der Waals surface area contributed by atoms with E-state index >= 15 is 0 Å². The average Bonchev–Trinajstić information content (AvgIpc) is 2.99. The molecular formula is C21H17BrN2O. The fourth-order valence-corrected chi connectivity index (χ4v) is 3.67. The summed E-state index contributed by atoms with van der Waals surface area (Å²) in [5, 5.41) is 5.37. The molecule has 0 radical (unpaired) electrons. The molecule has 25 heavy (non-hydrogen) atoms. The Morgan fingerprint density at radius 1 is 1.04 bits per heavy atom. The second kappa shape index (κ2) is 6.37. The first-order valence-corrected chi connectivity index (χ1v) is 9.06. The Labute approximate surface area is 154 Å². The number of benzene rings is 3. The number of halogens is 1. The molecule has 2 N–H and O–H groups in total. The second-order valence-corrected chi connectivity index (χ2v) is 6.87. The summed E-state index contributed by atoms with van der Waals surface area (Å²) in [6.07, 6.45) is 0.982. The largest absolute Gasteiger partial charge is 0.354 e. The summed E-state index contributed by atoms with van der Waals surface area (Å²) < 4.78 is 0.784. The maximum atomic E-state index is 12.5. The van der Waals surface area contributed by atoms with Crippen molar-refractivity contribution >= 4 is 49.3 Å². The van der Waals surface area contributed by atoms with Crippen LogP contribution in [0.25, 0.3) is 21.8 Å². The molecule has 0 fully saturated rings. The second-order valence-electron chi connectivity index (χ2n) is 6.01. The molecule has 0 bridgehead atoms. The van der Waals surface area contributed by atoms with Gasteiger partial charge in [-0.25, -0.2) is 0 Å². The lowest BCUT2D eigenvalue weighted by molar-refractivity contribution is 0.102. The molecule has 3 aromatic carbocycles. The van der Waals surface area contributed by atoms with Crippen molar-refractivity contribution in [3.8, 4) is 0 Å². The molecule has 0 saturated heterocycles. The molecule has 0 saturated carbocycles. The number of H-pyrrole nitrogens is 1. The van der Waals surface area contributed by atoms with Crippen LogP contribution in [0.2, 0.25) is 0 Å². The molecule has 1 heterocycles. The highest BCUT2D eigenvalue weighted by Gasteiger charge is 2.11. The molecule has 0 spiro atoms. The molecule has 0 atom stereocenters. The molecule has 0 aliphatic heterocycles. The van der Waals surface area contributed by atoms with Crippen molar-refractivity contribution < 1.29 is 4.79 Å². The fraction of sp³-hybridized carbons (Fsp3) is 0.0952. The van der Waals surface area contributed by atoms with Crippen LogP contribution >= 0.6 is 15.9 Å². The monoisotopic (exact) mass is 392 g/mol. The Morgan fingerprint density at radius 3 is 2.68 bits per heavy atom. The van der Waals surface area contributed by atoms with Crippen LogP contribution in [0, 0.1) is 0 Å². The Morgan fingerprint density at radius 2 is 1.88 bits per heavy atom. The maximum absolute atomic E-state index is 12.5. The van der Waals surface area contributed by atoms with Gasteiger partial charge >= 0.3 is 0 Å². The third-order valence-electron chi connectivity index (χ3n) is 4.48. The van der Waals surface area contributed by atoms with E-state index in [1.807, 2.05) is 30.3 Å². The summed E-state index contributed by atoms with van der Waals surface area (Å²) in [6, 6.07) is 19.8. The molecule has 0 aliphatic carbocycles. The molecule has 1 amide bonds. The Kier molecular flexibility index (Phi) is 4.06. The summed E-state index contributed by atoms with van der Waals surface area (Å²) in [4.78, 5) is 16.0. The smallest absolute Gasteiger partial charge is 0.256 e. The minimum Gasteiger partial charge on any atom is -0.354 e. The van der Waals surface area contributed by atoms with E-state index in [1.165, 1.54) is 21.9 Å². The van der Waals surface area contributed by atoms with Crippen molar-refractivity contribution in [2.24, 2.45) is 0 Å². The van der Waals surface area contributed by atoms with Crippen LogP contribution in [0.5, 0.6) is 0 Å². The summed E-state index contributed by atoms with van der Waals surface area (Å²) in [7, 11) is 0. The van der Waals surface area contributed by atoms with Gasteiger partial charge in [0.1, 0.15) is 0 Å². The zero-order valence-corrected chi connectivity index (χ0v) is 15.4. The molecule has 1 aromatic heterocycles. The van der Waals surface area contributed by atoms with Crippen LogP contribution in [-0.2, 0) is 6.42 Å². The number of aromatic amines is 1. The van der Waals surface area contributed by atoms with Crippen LogP contribution in [0.3, 0.4) is 0 Å². The van der Waals surface area contributed by atoms with Crippen LogP contribution in [0.15, 0.2) is 65.1 Å². The lowest BCUT2D eigenvalue weighted by atomic mass is 10.1. The van der Waals surface area contributed by atoms with Crippen LogP contribution in [0.1, 0.15) is 22.8 Å². The molecule has 4 rings (SSSR count). The average molecular weight is 393 g/mol.